The van der Waals surface area contributed by atoms with Crippen LogP contribution in [0.5, 0.6) is 0 Å². The molecule has 0 spiro atoms. The van der Waals surface area contributed by atoms with Crippen molar-refractivity contribution in [2.75, 3.05) is 0 Å². The molecule has 5 nitrogen and oxygen atoms in total. The molecule has 5 rings (SSSR count). The van der Waals surface area contributed by atoms with Crippen molar-refractivity contribution in [3.05, 3.63) is 54.1 Å². The van der Waals surface area contributed by atoms with E-state index >= 15 is 0 Å². The molecule has 0 atom stereocenters. The summed E-state index contributed by atoms with van der Waals surface area (Å²) in [5.74, 6) is 1.78. The number of hydrogen-bond acceptors (Lipinski definition) is 3. The smallest absolute Gasteiger partial charge is 0.160 e. The maximum Gasteiger partial charge on any atom is 0.160 e. The first kappa shape index (κ1) is 12.8. The second kappa shape index (κ2) is 4.91. The Morgan fingerprint density at radius 1 is 1.22 bits per heavy atom. The second-order valence-electron chi connectivity index (χ2n) is 6.32. The largest absolute Gasteiger partial charge is 0.308 e. The van der Waals surface area contributed by atoms with E-state index in [1.54, 1.807) is 0 Å². The van der Waals surface area contributed by atoms with Crippen LogP contribution in [0.4, 0.5) is 0 Å². The lowest BCUT2D eigenvalue weighted by Crippen LogP contribution is -2.16. The number of H-pyrrole nitrogens is 1. The van der Waals surface area contributed by atoms with Crippen LogP contribution in [0.1, 0.15) is 36.6 Å². The summed E-state index contributed by atoms with van der Waals surface area (Å²) in [5, 5.41) is 8.25. The van der Waals surface area contributed by atoms with E-state index in [2.05, 4.69) is 44.0 Å². The van der Waals surface area contributed by atoms with Gasteiger partial charge in [0.05, 0.1) is 18.3 Å². The highest BCUT2D eigenvalue weighted by molar-refractivity contribution is 5.78. The summed E-state index contributed by atoms with van der Waals surface area (Å²) in [6.45, 7) is 0.806. The standard InChI is InChI=1S/C18H17N5/c1-3-13(4-1)17-21-16-5-2-8-19-18(16)23(17)11-12-6-7-15-14(9-12)10-20-22-15/h2,5-10,13H,1,3-4,11H2,(H,20,22). The summed E-state index contributed by atoms with van der Waals surface area (Å²) in [7, 11) is 0. The average molecular weight is 303 g/mol. The van der Waals surface area contributed by atoms with Gasteiger partial charge in [-0.1, -0.05) is 12.5 Å². The van der Waals surface area contributed by atoms with Gasteiger partial charge in [-0.15, -0.1) is 0 Å². The minimum atomic E-state index is 0.585. The van der Waals surface area contributed by atoms with E-state index in [4.69, 9.17) is 4.98 Å². The average Bonchev–Trinajstić information content (AvgIpc) is 3.11. The third-order valence-electron chi connectivity index (χ3n) is 4.85. The Balaban J connectivity index is 1.62. The number of fused-ring (bicyclic) bond motifs is 2. The van der Waals surface area contributed by atoms with Crippen LogP contribution < -0.4 is 0 Å². The molecule has 1 aliphatic rings. The van der Waals surface area contributed by atoms with Gasteiger partial charge in [-0.05, 0) is 42.7 Å². The normalized spacial score (nSPS) is 15.3. The fourth-order valence-corrected chi connectivity index (χ4v) is 3.38. The molecule has 3 aromatic heterocycles. The third-order valence-corrected chi connectivity index (χ3v) is 4.85. The van der Waals surface area contributed by atoms with Gasteiger partial charge in [-0.2, -0.15) is 5.10 Å². The number of aromatic nitrogens is 5. The molecule has 1 fully saturated rings. The van der Waals surface area contributed by atoms with Crippen molar-refractivity contribution >= 4 is 22.1 Å². The Morgan fingerprint density at radius 2 is 2.17 bits per heavy atom. The Kier molecular flexibility index (Phi) is 2.74. The molecule has 114 valence electrons. The zero-order valence-corrected chi connectivity index (χ0v) is 12.7. The Labute approximate surface area is 133 Å². The molecular weight excluding hydrogens is 286 g/mol. The fraction of sp³-hybridized carbons (Fsp3) is 0.278. The van der Waals surface area contributed by atoms with Gasteiger partial charge in [-0.3, -0.25) is 5.10 Å². The van der Waals surface area contributed by atoms with E-state index in [9.17, 15) is 0 Å². The van der Waals surface area contributed by atoms with Gasteiger partial charge >= 0.3 is 0 Å². The highest BCUT2D eigenvalue weighted by atomic mass is 15.1. The summed E-state index contributed by atoms with van der Waals surface area (Å²) >= 11 is 0. The van der Waals surface area contributed by atoms with Crippen molar-refractivity contribution in [1.29, 1.82) is 0 Å². The maximum atomic E-state index is 4.87. The summed E-state index contributed by atoms with van der Waals surface area (Å²) in [4.78, 5) is 9.44. The van der Waals surface area contributed by atoms with Crippen LogP contribution in [0.3, 0.4) is 0 Å². The van der Waals surface area contributed by atoms with Crippen molar-refractivity contribution in [3.8, 4) is 0 Å². The molecule has 0 saturated heterocycles. The van der Waals surface area contributed by atoms with Crippen LogP contribution in [0.15, 0.2) is 42.7 Å². The predicted molar refractivity (Wildman–Crippen MR) is 89.3 cm³/mol. The molecular formula is C18H17N5. The van der Waals surface area contributed by atoms with Crippen molar-refractivity contribution in [2.24, 2.45) is 0 Å². The van der Waals surface area contributed by atoms with E-state index in [0.29, 0.717) is 5.92 Å². The van der Waals surface area contributed by atoms with Crippen LogP contribution in [0.25, 0.3) is 22.1 Å². The molecule has 5 heteroatoms. The molecule has 4 aromatic rings. The number of nitrogens with zero attached hydrogens (tertiary/aromatic N) is 4. The lowest BCUT2D eigenvalue weighted by molar-refractivity contribution is 0.391. The summed E-state index contributed by atoms with van der Waals surface area (Å²) < 4.78 is 2.29. The lowest BCUT2D eigenvalue weighted by Gasteiger charge is -2.25. The van der Waals surface area contributed by atoms with Crippen molar-refractivity contribution in [1.82, 2.24) is 24.7 Å². The van der Waals surface area contributed by atoms with E-state index in [0.717, 1.165) is 28.6 Å². The van der Waals surface area contributed by atoms with Crippen LogP contribution in [0, 0.1) is 0 Å². The SMILES string of the molecule is c1cnc2c(c1)nc(C1CCC1)n2Cc1ccc2[nH]ncc2c1. The summed E-state index contributed by atoms with van der Waals surface area (Å²) in [6.07, 6.45) is 7.51. The maximum absolute atomic E-state index is 4.87. The Hall–Kier alpha value is -2.69. The monoisotopic (exact) mass is 303 g/mol. The molecule has 1 aromatic carbocycles. The molecule has 1 saturated carbocycles. The van der Waals surface area contributed by atoms with Gasteiger partial charge in [0.1, 0.15) is 11.3 Å². The van der Waals surface area contributed by atoms with Crippen molar-refractivity contribution in [3.63, 3.8) is 0 Å². The van der Waals surface area contributed by atoms with Crippen LogP contribution >= 0.6 is 0 Å². The first-order chi connectivity index (χ1) is 11.4. The molecule has 0 bridgehead atoms. The van der Waals surface area contributed by atoms with Gasteiger partial charge in [0.2, 0.25) is 0 Å². The topological polar surface area (TPSA) is 59.4 Å². The van der Waals surface area contributed by atoms with Gasteiger partial charge in [0.25, 0.3) is 0 Å². The number of benzene rings is 1. The molecule has 1 N–H and O–H groups in total. The molecule has 23 heavy (non-hydrogen) atoms. The molecule has 0 amide bonds. The first-order valence-electron chi connectivity index (χ1n) is 8.12. The number of pyridine rings is 1. The van der Waals surface area contributed by atoms with E-state index in [-0.39, 0.29) is 0 Å². The molecule has 0 unspecified atom stereocenters. The van der Waals surface area contributed by atoms with Gasteiger partial charge in [0, 0.05) is 17.5 Å². The van der Waals surface area contributed by atoms with E-state index in [1.165, 1.54) is 30.7 Å². The lowest BCUT2D eigenvalue weighted by atomic mass is 9.85. The minimum absolute atomic E-state index is 0.585. The zero-order valence-electron chi connectivity index (χ0n) is 12.7. The van der Waals surface area contributed by atoms with Gasteiger partial charge < -0.3 is 4.57 Å². The van der Waals surface area contributed by atoms with E-state index < -0.39 is 0 Å². The van der Waals surface area contributed by atoms with E-state index in [1.807, 2.05) is 18.5 Å². The first-order valence-corrected chi connectivity index (χ1v) is 8.12. The highest BCUT2D eigenvalue weighted by Gasteiger charge is 2.26. The zero-order chi connectivity index (χ0) is 15.2. The summed E-state index contributed by atoms with van der Waals surface area (Å²) in [6, 6.07) is 10.5. The number of hydrogen-bond donors (Lipinski definition) is 1. The number of nitrogens with one attached hydrogen (secondary N) is 1. The summed E-state index contributed by atoms with van der Waals surface area (Å²) in [5.41, 5.74) is 4.31. The van der Waals surface area contributed by atoms with Crippen molar-refractivity contribution < 1.29 is 0 Å². The Bertz CT molecular complexity index is 993. The highest BCUT2D eigenvalue weighted by Crippen LogP contribution is 2.37. The molecule has 3 heterocycles. The quantitative estimate of drug-likeness (QED) is 0.629. The number of rotatable bonds is 3. The van der Waals surface area contributed by atoms with Crippen molar-refractivity contribution in [2.45, 2.75) is 31.7 Å². The van der Waals surface area contributed by atoms with Crippen LogP contribution in [-0.4, -0.2) is 24.7 Å². The molecule has 0 aliphatic heterocycles. The van der Waals surface area contributed by atoms with Crippen LogP contribution in [-0.2, 0) is 6.54 Å². The minimum Gasteiger partial charge on any atom is -0.308 e. The third kappa shape index (κ3) is 2.04. The Morgan fingerprint density at radius 3 is 3.04 bits per heavy atom. The second-order valence-corrected chi connectivity index (χ2v) is 6.32. The van der Waals surface area contributed by atoms with Gasteiger partial charge in [-0.25, -0.2) is 9.97 Å². The number of imidazole rings is 1. The van der Waals surface area contributed by atoms with Gasteiger partial charge in [0.15, 0.2) is 5.65 Å². The fourth-order valence-electron chi connectivity index (χ4n) is 3.38. The van der Waals surface area contributed by atoms with Crippen LogP contribution in [0.2, 0.25) is 0 Å². The number of aromatic amines is 1. The molecule has 1 aliphatic carbocycles. The predicted octanol–water partition coefficient (Wildman–Crippen LogP) is 3.62. The molecule has 0 radical (unpaired) electrons.